The second-order valence-corrected chi connectivity index (χ2v) is 5.41. The molecule has 0 heterocycles. The number of hydrogen-bond acceptors (Lipinski definition) is 3. The minimum Gasteiger partial charge on any atom is -0.491 e. The number of rotatable bonds is 5. The molecule has 0 unspecified atom stereocenters. The molecule has 0 amide bonds. The van der Waals surface area contributed by atoms with Crippen molar-refractivity contribution >= 4 is 0 Å². The van der Waals surface area contributed by atoms with Gasteiger partial charge in [0.15, 0.2) is 0 Å². The predicted molar refractivity (Wildman–Crippen MR) is 77.4 cm³/mol. The van der Waals surface area contributed by atoms with Crippen LogP contribution in [0.2, 0.25) is 0 Å². The molecule has 0 saturated heterocycles. The average molecular weight is 263 g/mol. The smallest absolute Gasteiger partial charge is 0.124 e. The van der Waals surface area contributed by atoms with Gasteiger partial charge in [-0.3, -0.25) is 0 Å². The summed E-state index contributed by atoms with van der Waals surface area (Å²) in [6.45, 7) is 1.18. The maximum absolute atomic E-state index is 6.67. The van der Waals surface area contributed by atoms with Gasteiger partial charge in [-0.15, -0.1) is 0 Å². The van der Waals surface area contributed by atoms with Crippen molar-refractivity contribution in [1.29, 1.82) is 0 Å². The zero-order valence-corrected chi connectivity index (χ0v) is 11.9. The van der Waals surface area contributed by atoms with Crippen LogP contribution in [0.1, 0.15) is 44.1 Å². The van der Waals surface area contributed by atoms with Crippen LogP contribution < -0.4 is 10.5 Å². The van der Waals surface area contributed by atoms with E-state index in [4.69, 9.17) is 15.2 Å². The first kappa shape index (κ1) is 14.4. The topological polar surface area (TPSA) is 44.5 Å². The zero-order valence-electron chi connectivity index (χ0n) is 11.9. The summed E-state index contributed by atoms with van der Waals surface area (Å²) in [6, 6.07) is 8.20. The van der Waals surface area contributed by atoms with E-state index in [9.17, 15) is 0 Å². The van der Waals surface area contributed by atoms with Gasteiger partial charge in [-0.25, -0.2) is 0 Å². The van der Waals surface area contributed by atoms with Crippen LogP contribution in [0.25, 0.3) is 0 Å². The molecule has 1 saturated carbocycles. The van der Waals surface area contributed by atoms with E-state index in [1.165, 1.54) is 25.7 Å². The van der Waals surface area contributed by atoms with E-state index < -0.39 is 0 Å². The molecule has 2 rings (SSSR count). The molecule has 1 aromatic carbocycles. The van der Waals surface area contributed by atoms with E-state index in [1.54, 1.807) is 7.11 Å². The Morgan fingerprint density at radius 3 is 2.42 bits per heavy atom. The van der Waals surface area contributed by atoms with Crippen LogP contribution in [0, 0.1) is 0 Å². The molecule has 1 aromatic rings. The van der Waals surface area contributed by atoms with Gasteiger partial charge in [-0.2, -0.15) is 0 Å². The van der Waals surface area contributed by atoms with Crippen molar-refractivity contribution in [3.05, 3.63) is 29.8 Å². The molecule has 3 nitrogen and oxygen atoms in total. The van der Waals surface area contributed by atoms with E-state index in [2.05, 4.69) is 12.1 Å². The second-order valence-electron chi connectivity index (χ2n) is 5.41. The molecule has 1 aliphatic rings. The molecule has 19 heavy (non-hydrogen) atoms. The Morgan fingerprint density at radius 1 is 1.05 bits per heavy atom. The fraction of sp³-hybridized carbons (Fsp3) is 0.625. The first-order valence-corrected chi connectivity index (χ1v) is 7.26. The molecule has 106 valence electrons. The van der Waals surface area contributed by atoms with Crippen molar-refractivity contribution in [2.45, 2.75) is 44.1 Å². The highest BCUT2D eigenvalue weighted by Crippen LogP contribution is 2.38. The van der Waals surface area contributed by atoms with Crippen molar-refractivity contribution in [3.63, 3.8) is 0 Å². The van der Waals surface area contributed by atoms with E-state index in [0.29, 0.717) is 13.2 Å². The van der Waals surface area contributed by atoms with Crippen LogP contribution in [-0.4, -0.2) is 20.3 Å². The molecule has 0 radical (unpaired) electrons. The SMILES string of the molecule is COCCOc1ccccc1C1(N)CCCCCC1. The lowest BCUT2D eigenvalue weighted by atomic mass is 9.83. The first-order valence-electron chi connectivity index (χ1n) is 7.26. The molecular formula is C16H25NO2. The molecular weight excluding hydrogens is 238 g/mol. The summed E-state index contributed by atoms with van der Waals surface area (Å²) in [4.78, 5) is 0. The van der Waals surface area contributed by atoms with Gasteiger partial charge < -0.3 is 15.2 Å². The van der Waals surface area contributed by atoms with E-state index >= 15 is 0 Å². The summed E-state index contributed by atoms with van der Waals surface area (Å²) in [5.74, 6) is 0.920. The highest BCUT2D eigenvalue weighted by Gasteiger charge is 2.30. The van der Waals surface area contributed by atoms with Gasteiger partial charge in [-0.05, 0) is 18.9 Å². The van der Waals surface area contributed by atoms with E-state index in [0.717, 1.165) is 24.2 Å². The fourth-order valence-corrected chi connectivity index (χ4v) is 2.87. The van der Waals surface area contributed by atoms with Gasteiger partial charge in [-0.1, -0.05) is 43.9 Å². The van der Waals surface area contributed by atoms with E-state index in [-0.39, 0.29) is 5.54 Å². The number of nitrogens with two attached hydrogens (primary N) is 1. The Hall–Kier alpha value is -1.06. The Bertz CT molecular complexity index is 384. The third-order valence-electron chi connectivity index (χ3n) is 3.96. The number of para-hydroxylation sites is 1. The van der Waals surface area contributed by atoms with Crippen LogP contribution in [0.4, 0.5) is 0 Å². The summed E-state index contributed by atoms with van der Waals surface area (Å²) in [7, 11) is 1.69. The highest BCUT2D eigenvalue weighted by molar-refractivity contribution is 5.39. The van der Waals surface area contributed by atoms with Crippen LogP contribution >= 0.6 is 0 Å². The largest absolute Gasteiger partial charge is 0.491 e. The lowest BCUT2D eigenvalue weighted by Crippen LogP contribution is -2.36. The van der Waals surface area contributed by atoms with Crippen LogP contribution in [0.15, 0.2) is 24.3 Å². The molecule has 3 heteroatoms. The number of hydrogen-bond donors (Lipinski definition) is 1. The number of benzene rings is 1. The standard InChI is InChI=1S/C16H25NO2/c1-18-12-13-19-15-9-5-4-8-14(15)16(17)10-6-2-3-7-11-16/h4-5,8-9H,2-3,6-7,10-13,17H2,1H3. The van der Waals surface area contributed by atoms with Crippen molar-refractivity contribution in [3.8, 4) is 5.75 Å². The molecule has 0 aliphatic heterocycles. The van der Waals surface area contributed by atoms with Crippen LogP contribution in [0.5, 0.6) is 5.75 Å². The third kappa shape index (κ3) is 3.71. The monoisotopic (exact) mass is 263 g/mol. The molecule has 0 aromatic heterocycles. The van der Waals surface area contributed by atoms with Gasteiger partial charge in [0, 0.05) is 18.2 Å². The average Bonchev–Trinajstić information content (AvgIpc) is 2.65. The van der Waals surface area contributed by atoms with Crippen molar-refractivity contribution in [1.82, 2.24) is 0 Å². The summed E-state index contributed by atoms with van der Waals surface area (Å²) in [5, 5.41) is 0. The lowest BCUT2D eigenvalue weighted by Gasteiger charge is -2.30. The van der Waals surface area contributed by atoms with Crippen molar-refractivity contribution < 1.29 is 9.47 Å². The minimum atomic E-state index is -0.222. The van der Waals surface area contributed by atoms with Crippen LogP contribution in [-0.2, 0) is 10.3 Å². The Balaban J connectivity index is 2.17. The van der Waals surface area contributed by atoms with Gasteiger partial charge in [0.05, 0.1) is 6.61 Å². The predicted octanol–water partition coefficient (Wildman–Crippen LogP) is 3.22. The Kier molecular flexibility index (Phi) is 5.23. The van der Waals surface area contributed by atoms with Gasteiger partial charge in [0.25, 0.3) is 0 Å². The van der Waals surface area contributed by atoms with Gasteiger partial charge in [0.2, 0.25) is 0 Å². The normalized spacial score (nSPS) is 18.8. The fourth-order valence-electron chi connectivity index (χ4n) is 2.87. The second kappa shape index (κ2) is 6.92. The number of methoxy groups -OCH3 is 1. The molecule has 0 spiro atoms. The molecule has 2 N–H and O–H groups in total. The maximum Gasteiger partial charge on any atom is 0.124 e. The van der Waals surface area contributed by atoms with Gasteiger partial charge >= 0.3 is 0 Å². The van der Waals surface area contributed by atoms with Crippen molar-refractivity contribution in [2.75, 3.05) is 20.3 Å². The minimum absolute atomic E-state index is 0.222. The summed E-state index contributed by atoms with van der Waals surface area (Å²) in [6.07, 6.45) is 7.12. The van der Waals surface area contributed by atoms with Crippen molar-refractivity contribution in [2.24, 2.45) is 5.73 Å². The molecule has 0 bridgehead atoms. The molecule has 1 fully saturated rings. The summed E-state index contributed by atoms with van der Waals surface area (Å²) >= 11 is 0. The van der Waals surface area contributed by atoms with E-state index in [1.807, 2.05) is 12.1 Å². The lowest BCUT2D eigenvalue weighted by molar-refractivity contribution is 0.144. The summed E-state index contributed by atoms with van der Waals surface area (Å²) in [5.41, 5.74) is 7.61. The third-order valence-corrected chi connectivity index (χ3v) is 3.96. The summed E-state index contributed by atoms with van der Waals surface area (Å²) < 4.78 is 10.9. The Labute approximate surface area is 116 Å². The van der Waals surface area contributed by atoms with Crippen LogP contribution in [0.3, 0.4) is 0 Å². The maximum atomic E-state index is 6.67. The number of ether oxygens (including phenoxy) is 2. The zero-order chi connectivity index (χ0) is 13.6. The molecule has 1 aliphatic carbocycles. The Morgan fingerprint density at radius 2 is 1.74 bits per heavy atom. The first-order chi connectivity index (χ1) is 9.26. The quantitative estimate of drug-likeness (QED) is 0.655. The highest BCUT2D eigenvalue weighted by atomic mass is 16.5. The van der Waals surface area contributed by atoms with Gasteiger partial charge in [0.1, 0.15) is 12.4 Å². The molecule has 0 atom stereocenters.